The maximum Gasteiger partial charge on any atom is 0.573 e. The standard InChI is InChI=1S/C17H16F3NO/c1-21-16(9-10-16)13-6-4-5-12(11-13)14-7-2-3-8-15(14)22-17(18,19)20/h2-8,11,21H,9-10H2,1H3. The summed E-state index contributed by atoms with van der Waals surface area (Å²) < 4.78 is 41.8. The van der Waals surface area contributed by atoms with Crippen LogP contribution in [0, 0.1) is 0 Å². The first-order valence-corrected chi connectivity index (χ1v) is 7.08. The number of benzene rings is 2. The predicted molar refractivity (Wildman–Crippen MR) is 78.5 cm³/mol. The van der Waals surface area contributed by atoms with Crippen molar-refractivity contribution in [3.05, 3.63) is 54.1 Å². The summed E-state index contributed by atoms with van der Waals surface area (Å²) in [4.78, 5) is 0. The highest BCUT2D eigenvalue weighted by atomic mass is 19.4. The molecule has 0 bridgehead atoms. The van der Waals surface area contributed by atoms with Crippen LogP contribution in [-0.4, -0.2) is 13.4 Å². The molecule has 1 saturated carbocycles. The van der Waals surface area contributed by atoms with Gasteiger partial charge in [0.1, 0.15) is 5.75 Å². The minimum absolute atomic E-state index is 0.0319. The molecule has 2 aromatic rings. The number of hydrogen-bond acceptors (Lipinski definition) is 2. The summed E-state index contributed by atoms with van der Waals surface area (Å²) in [5, 5.41) is 3.29. The first kappa shape index (κ1) is 14.9. The quantitative estimate of drug-likeness (QED) is 0.900. The van der Waals surface area contributed by atoms with Gasteiger partial charge in [-0.1, -0.05) is 36.4 Å². The molecule has 0 heterocycles. The van der Waals surface area contributed by atoms with Crippen LogP contribution in [0.2, 0.25) is 0 Å². The van der Waals surface area contributed by atoms with Gasteiger partial charge in [-0.25, -0.2) is 0 Å². The molecule has 1 aliphatic rings. The van der Waals surface area contributed by atoms with Gasteiger partial charge in [0.05, 0.1) is 0 Å². The third-order valence-corrected chi connectivity index (χ3v) is 4.07. The Bertz CT molecular complexity index is 678. The van der Waals surface area contributed by atoms with Crippen LogP contribution >= 0.6 is 0 Å². The summed E-state index contributed by atoms with van der Waals surface area (Å²) >= 11 is 0. The van der Waals surface area contributed by atoms with Crippen molar-refractivity contribution in [1.82, 2.24) is 5.32 Å². The van der Waals surface area contributed by atoms with E-state index in [0.29, 0.717) is 5.56 Å². The molecule has 0 spiro atoms. The molecule has 0 radical (unpaired) electrons. The van der Waals surface area contributed by atoms with E-state index in [1.54, 1.807) is 18.2 Å². The lowest BCUT2D eigenvalue weighted by Crippen LogP contribution is -2.24. The van der Waals surface area contributed by atoms with Gasteiger partial charge in [0.2, 0.25) is 0 Å². The first-order chi connectivity index (χ1) is 10.4. The molecule has 0 unspecified atom stereocenters. The Morgan fingerprint density at radius 2 is 1.77 bits per heavy atom. The molecule has 0 amide bonds. The minimum Gasteiger partial charge on any atom is -0.405 e. The number of nitrogens with one attached hydrogen (secondary N) is 1. The average Bonchev–Trinajstić information content (AvgIpc) is 3.27. The monoisotopic (exact) mass is 307 g/mol. The number of hydrogen-bond donors (Lipinski definition) is 1. The topological polar surface area (TPSA) is 21.3 Å². The van der Waals surface area contributed by atoms with E-state index in [4.69, 9.17) is 0 Å². The van der Waals surface area contributed by atoms with Crippen molar-refractivity contribution in [2.75, 3.05) is 7.05 Å². The Balaban J connectivity index is 2.00. The molecule has 0 saturated heterocycles. The van der Waals surface area contributed by atoms with Gasteiger partial charge >= 0.3 is 6.36 Å². The molecule has 5 heteroatoms. The van der Waals surface area contributed by atoms with Crippen LogP contribution in [0.3, 0.4) is 0 Å². The average molecular weight is 307 g/mol. The highest BCUT2D eigenvalue weighted by Crippen LogP contribution is 2.46. The van der Waals surface area contributed by atoms with Crippen molar-refractivity contribution in [1.29, 1.82) is 0 Å². The third-order valence-electron chi connectivity index (χ3n) is 4.07. The van der Waals surface area contributed by atoms with Gasteiger partial charge in [0, 0.05) is 11.1 Å². The van der Waals surface area contributed by atoms with Gasteiger partial charge in [-0.3, -0.25) is 0 Å². The molecule has 0 aromatic heterocycles. The number of rotatable bonds is 4. The van der Waals surface area contributed by atoms with Gasteiger partial charge < -0.3 is 10.1 Å². The molecule has 1 fully saturated rings. The van der Waals surface area contributed by atoms with Crippen molar-refractivity contribution < 1.29 is 17.9 Å². The SMILES string of the molecule is CNC1(c2cccc(-c3ccccc3OC(F)(F)F)c2)CC1. The van der Waals surface area contributed by atoms with Gasteiger partial charge in [0.15, 0.2) is 0 Å². The number of halogens is 3. The Morgan fingerprint density at radius 1 is 1.05 bits per heavy atom. The summed E-state index contributed by atoms with van der Waals surface area (Å²) in [7, 11) is 1.90. The van der Waals surface area contributed by atoms with Crippen molar-refractivity contribution >= 4 is 0 Å². The lowest BCUT2D eigenvalue weighted by molar-refractivity contribution is -0.274. The fourth-order valence-corrected chi connectivity index (χ4v) is 2.71. The molecule has 22 heavy (non-hydrogen) atoms. The lowest BCUT2D eigenvalue weighted by atomic mass is 9.97. The molecule has 1 aliphatic carbocycles. The van der Waals surface area contributed by atoms with E-state index in [1.165, 1.54) is 12.1 Å². The maximum absolute atomic E-state index is 12.5. The van der Waals surface area contributed by atoms with Crippen LogP contribution in [-0.2, 0) is 5.54 Å². The molecule has 1 N–H and O–H groups in total. The van der Waals surface area contributed by atoms with Crippen LogP contribution in [0.4, 0.5) is 13.2 Å². The van der Waals surface area contributed by atoms with Crippen LogP contribution in [0.25, 0.3) is 11.1 Å². The second-order valence-corrected chi connectivity index (χ2v) is 5.46. The maximum atomic E-state index is 12.5. The van der Waals surface area contributed by atoms with E-state index < -0.39 is 6.36 Å². The lowest BCUT2D eigenvalue weighted by Gasteiger charge is -2.17. The van der Waals surface area contributed by atoms with Crippen LogP contribution < -0.4 is 10.1 Å². The van der Waals surface area contributed by atoms with E-state index in [9.17, 15) is 13.2 Å². The molecule has 3 rings (SSSR count). The summed E-state index contributed by atoms with van der Waals surface area (Å²) in [6.45, 7) is 0. The fourth-order valence-electron chi connectivity index (χ4n) is 2.71. The molecule has 2 aromatic carbocycles. The van der Waals surface area contributed by atoms with E-state index in [0.717, 1.165) is 24.0 Å². The van der Waals surface area contributed by atoms with Crippen molar-refractivity contribution in [2.24, 2.45) is 0 Å². The normalized spacial score (nSPS) is 16.4. The van der Waals surface area contributed by atoms with Gasteiger partial charge in [0.25, 0.3) is 0 Å². The van der Waals surface area contributed by atoms with E-state index in [2.05, 4.69) is 10.1 Å². The van der Waals surface area contributed by atoms with Crippen LogP contribution in [0.1, 0.15) is 18.4 Å². The van der Waals surface area contributed by atoms with Gasteiger partial charge in [-0.2, -0.15) is 0 Å². The minimum atomic E-state index is -4.70. The number of ether oxygens (including phenoxy) is 1. The molecule has 116 valence electrons. The Hall–Kier alpha value is -2.01. The molecule has 0 atom stereocenters. The van der Waals surface area contributed by atoms with Crippen LogP contribution in [0.5, 0.6) is 5.75 Å². The molecular weight excluding hydrogens is 291 g/mol. The number of para-hydroxylation sites is 1. The molecule has 2 nitrogen and oxygen atoms in total. The zero-order chi connectivity index (χ0) is 15.8. The number of alkyl halides is 3. The summed E-state index contributed by atoms with van der Waals surface area (Å²) in [5.74, 6) is -0.179. The zero-order valence-electron chi connectivity index (χ0n) is 12.1. The van der Waals surface area contributed by atoms with Gasteiger partial charge in [-0.05, 0) is 43.1 Å². The van der Waals surface area contributed by atoms with Crippen LogP contribution in [0.15, 0.2) is 48.5 Å². The third kappa shape index (κ3) is 2.95. The summed E-state index contributed by atoms with van der Waals surface area (Å²) in [6.07, 6.45) is -2.63. The smallest absolute Gasteiger partial charge is 0.405 e. The van der Waals surface area contributed by atoms with E-state index in [1.807, 2.05) is 25.2 Å². The second kappa shape index (κ2) is 5.32. The first-order valence-electron chi connectivity index (χ1n) is 7.08. The zero-order valence-corrected chi connectivity index (χ0v) is 12.1. The van der Waals surface area contributed by atoms with E-state index in [-0.39, 0.29) is 11.3 Å². The largest absolute Gasteiger partial charge is 0.573 e. The van der Waals surface area contributed by atoms with Gasteiger partial charge in [-0.15, -0.1) is 13.2 Å². The summed E-state index contributed by atoms with van der Waals surface area (Å²) in [5.41, 5.74) is 2.22. The highest BCUT2D eigenvalue weighted by molar-refractivity contribution is 5.71. The van der Waals surface area contributed by atoms with E-state index >= 15 is 0 Å². The second-order valence-electron chi connectivity index (χ2n) is 5.46. The molecular formula is C17H16F3NO. The summed E-state index contributed by atoms with van der Waals surface area (Å²) in [6, 6.07) is 13.8. The fraction of sp³-hybridized carbons (Fsp3) is 0.294. The Labute approximate surface area is 126 Å². The highest BCUT2D eigenvalue weighted by Gasteiger charge is 2.42. The van der Waals surface area contributed by atoms with Crippen molar-refractivity contribution in [2.45, 2.75) is 24.7 Å². The Morgan fingerprint density at radius 3 is 2.41 bits per heavy atom. The van der Waals surface area contributed by atoms with Crippen molar-refractivity contribution in [3.63, 3.8) is 0 Å². The predicted octanol–water partition coefficient (Wildman–Crippen LogP) is 4.46. The van der Waals surface area contributed by atoms with Crippen molar-refractivity contribution in [3.8, 4) is 16.9 Å². The molecule has 0 aliphatic heterocycles. The Kier molecular flexibility index (Phi) is 3.60.